The molecule has 1 aliphatic carbocycles. The second kappa shape index (κ2) is 6.14. The zero-order chi connectivity index (χ0) is 14.8. The van der Waals surface area contributed by atoms with Gasteiger partial charge in [0.1, 0.15) is 0 Å². The number of ether oxygens (including phenoxy) is 1. The van der Waals surface area contributed by atoms with Crippen molar-refractivity contribution >= 4 is 5.78 Å². The van der Waals surface area contributed by atoms with Gasteiger partial charge < -0.3 is 4.74 Å². The molecule has 0 aromatic heterocycles. The summed E-state index contributed by atoms with van der Waals surface area (Å²) in [5.41, 5.74) is 0.438. The van der Waals surface area contributed by atoms with Crippen LogP contribution in [-0.2, 0) is 0 Å². The minimum atomic E-state index is -0.472. The van der Waals surface area contributed by atoms with E-state index in [1.807, 2.05) is 0 Å². The summed E-state index contributed by atoms with van der Waals surface area (Å²) in [6, 6.07) is 5.02. The minimum Gasteiger partial charge on any atom is -0.494 e. The lowest BCUT2D eigenvalue weighted by Gasteiger charge is -2.31. The van der Waals surface area contributed by atoms with Gasteiger partial charge in [-0.05, 0) is 49.9 Å². The molecule has 2 atom stereocenters. The molecule has 1 saturated carbocycles. The fourth-order valence-electron chi connectivity index (χ4n) is 3.81. The molecule has 1 aliphatic heterocycles. The van der Waals surface area contributed by atoms with Crippen LogP contribution in [0.3, 0.4) is 0 Å². The Bertz CT molecular complexity index is 532. The van der Waals surface area contributed by atoms with Gasteiger partial charge in [0.05, 0.1) is 13.7 Å². The van der Waals surface area contributed by atoms with E-state index in [0.717, 1.165) is 12.5 Å². The van der Waals surface area contributed by atoms with Gasteiger partial charge in [0.2, 0.25) is 0 Å². The molecule has 2 fully saturated rings. The SMILES string of the molecule is COc1ccc(C(=O)CN2CCC3CCCCC32)cc1F. The molecule has 0 amide bonds. The highest BCUT2D eigenvalue weighted by molar-refractivity contribution is 5.97. The van der Waals surface area contributed by atoms with Crippen LogP contribution in [0.2, 0.25) is 0 Å². The van der Waals surface area contributed by atoms with Gasteiger partial charge in [-0.1, -0.05) is 12.8 Å². The highest BCUT2D eigenvalue weighted by Crippen LogP contribution is 2.36. The Morgan fingerprint density at radius 1 is 1.33 bits per heavy atom. The first-order valence-electron chi connectivity index (χ1n) is 7.80. The molecule has 1 aromatic rings. The van der Waals surface area contributed by atoms with Crippen LogP contribution < -0.4 is 4.74 Å². The van der Waals surface area contributed by atoms with Gasteiger partial charge in [0.25, 0.3) is 0 Å². The fraction of sp³-hybridized carbons (Fsp3) is 0.588. The van der Waals surface area contributed by atoms with E-state index in [0.29, 0.717) is 18.2 Å². The number of carbonyl (C=O) groups excluding carboxylic acids is 1. The van der Waals surface area contributed by atoms with Crippen molar-refractivity contribution in [1.82, 2.24) is 4.90 Å². The van der Waals surface area contributed by atoms with Crippen molar-refractivity contribution in [2.75, 3.05) is 20.2 Å². The van der Waals surface area contributed by atoms with E-state index >= 15 is 0 Å². The molecule has 0 bridgehead atoms. The maximum absolute atomic E-state index is 13.7. The Morgan fingerprint density at radius 2 is 2.14 bits per heavy atom. The second-order valence-corrected chi connectivity index (χ2v) is 6.14. The summed E-state index contributed by atoms with van der Waals surface area (Å²) in [5, 5.41) is 0. The molecular weight excluding hydrogens is 269 g/mol. The third-order valence-electron chi connectivity index (χ3n) is 4.95. The van der Waals surface area contributed by atoms with Gasteiger partial charge in [-0.3, -0.25) is 9.69 Å². The van der Waals surface area contributed by atoms with Crippen LogP contribution in [0.25, 0.3) is 0 Å². The topological polar surface area (TPSA) is 29.5 Å². The van der Waals surface area contributed by atoms with Crippen molar-refractivity contribution < 1.29 is 13.9 Å². The number of ketones is 1. The molecule has 1 saturated heterocycles. The van der Waals surface area contributed by atoms with Crippen LogP contribution in [0.5, 0.6) is 5.75 Å². The number of nitrogens with zero attached hydrogens (tertiary/aromatic N) is 1. The average Bonchev–Trinajstić information content (AvgIpc) is 2.90. The Kier molecular flexibility index (Phi) is 4.24. The first-order valence-corrected chi connectivity index (χ1v) is 7.80. The highest BCUT2D eigenvalue weighted by Gasteiger charge is 2.36. The van der Waals surface area contributed by atoms with E-state index in [9.17, 15) is 9.18 Å². The number of rotatable bonds is 4. The van der Waals surface area contributed by atoms with Crippen LogP contribution in [0.1, 0.15) is 42.5 Å². The number of hydrogen-bond donors (Lipinski definition) is 0. The van der Waals surface area contributed by atoms with E-state index in [4.69, 9.17) is 4.74 Å². The number of benzene rings is 1. The summed E-state index contributed by atoms with van der Waals surface area (Å²) < 4.78 is 18.6. The lowest BCUT2D eigenvalue weighted by molar-refractivity contribution is 0.0895. The number of Topliss-reactive ketones (excluding diaryl/α,β-unsaturated/α-hetero) is 1. The maximum Gasteiger partial charge on any atom is 0.176 e. The largest absolute Gasteiger partial charge is 0.494 e. The zero-order valence-corrected chi connectivity index (χ0v) is 12.5. The summed E-state index contributed by atoms with van der Waals surface area (Å²) in [5.74, 6) is 0.474. The smallest absolute Gasteiger partial charge is 0.176 e. The lowest BCUT2D eigenvalue weighted by Crippen LogP contribution is -2.38. The molecule has 0 N–H and O–H groups in total. The highest BCUT2D eigenvalue weighted by atomic mass is 19.1. The second-order valence-electron chi connectivity index (χ2n) is 6.14. The van der Waals surface area contributed by atoms with Crippen molar-refractivity contribution in [2.45, 2.75) is 38.1 Å². The molecule has 2 unspecified atom stereocenters. The summed E-state index contributed by atoms with van der Waals surface area (Å²) in [6.45, 7) is 1.41. The van der Waals surface area contributed by atoms with Gasteiger partial charge in [-0.2, -0.15) is 0 Å². The summed E-state index contributed by atoms with van der Waals surface area (Å²) in [4.78, 5) is 14.7. The molecule has 114 valence electrons. The molecule has 0 spiro atoms. The zero-order valence-electron chi connectivity index (χ0n) is 12.5. The van der Waals surface area contributed by atoms with Gasteiger partial charge >= 0.3 is 0 Å². The van der Waals surface area contributed by atoms with Crippen LogP contribution >= 0.6 is 0 Å². The van der Waals surface area contributed by atoms with E-state index in [1.165, 1.54) is 51.3 Å². The molecule has 4 heteroatoms. The Morgan fingerprint density at radius 3 is 2.90 bits per heavy atom. The van der Waals surface area contributed by atoms with Crippen molar-refractivity contribution in [1.29, 1.82) is 0 Å². The fourth-order valence-corrected chi connectivity index (χ4v) is 3.81. The molecule has 1 heterocycles. The molecule has 21 heavy (non-hydrogen) atoms. The maximum atomic E-state index is 13.7. The van der Waals surface area contributed by atoms with Crippen LogP contribution in [0, 0.1) is 11.7 Å². The van der Waals surface area contributed by atoms with Crippen LogP contribution in [0.4, 0.5) is 4.39 Å². The molecule has 2 aliphatic rings. The Hall–Kier alpha value is -1.42. The Labute approximate surface area is 125 Å². The first kappa shape index (κ1) is 14.5. The number of fused-ring (bicyclic) bond motifs is 1. The molecule has 1 aromatic carbocycles. The number of halogens is 1. The monoisotopic (exact) mass is 291 g/mol. The third kappa shape index (κ3) is 2.95. The quantitative estimate of drug-likeness (QED) is 0.797. The van der Waals surface area contributed by atoms with E-state index in [2.05, 4.69) is 4.90 Å². The number of likely N-dealkylation sites (tertiary alicyclic amines) is 1. The van der Waals surface area contributed by atoms with Crippen LogP contribution in [0.15, 0.2) is 18.2 Å². The van der Waals surface area contributed by atoms with E-state index < -0.39 is 5.82 Å². The van der Waals surface area contributed by atoms with Gasteiger partial charge in [0, 0.05) is 11.6 Å². The number of methoxy groups -OCH3 is 1. The third-order valence-corrected chi connectivity index (χ3v) is 4.95. The van der Waals surface area contributed by atoms with Gasteiger partial charge in [0.15, 0.2) is 17.3 Å². The molecule has 0 radical (unpaired) electrons. The van der Waals surface area contributed by atoms with E-state index in [-0.39, 0.29) is 11.5 Å². The van der Waals surface area contributed by atoms with Gasteiger partial charge in [-0.15, -0.1) is 0 Å². The van der Waals surface area contributed by atoms with Crippen LogP contribution in [-0.4, -0.2) is 36.9 Å². The Balaban J connectivity index is 1.67. The first-order chi connectivity index (χ1) is 10.2. The molecular formula is C17H22FNO2. The minimum absolute atomic E-state index is 0.00257. The van der Waals surface area contributed by atoms with E-state index in [1.54, 1.807) is 6.07 Å². The van der Waals surface area contributed by atoms with Crippen molar-refractivity contribution in [2.24, 2.45) is 5.92 Å². The average molecular weight is 291 g/mol. The number of hydrogen-bond acceptors (Lipinski definition) is 3. The predicted octanol–water partition coefficient (Wildman–Crippen LogP) is 3.28. The normalized spacial score (nSPS) is 25.6. The molecule has 3 rings (SSSR count). The summed E-state index contributed by atoms with van der Waals surface area (Å²) >= 11 is 0. The molecule has 3 nitrogen and oxygen atoms in total. The lowest BCUT2D eigenvalue weighted by atomic mass is 9.85. The van der Waals surface area contributed by atoms with Crippen molar-refractivity contribution in [3.8, 4) is 5.75 Å². The van der Waals surface area contributed by atoms with Crippen molar-refractivity contribution in [3.05, 3.63) is 29.6 Å². The standard InChI is InChI=1S/C17H22FNO2/c1-21-17-7-6-13(10-14(17)18)16(20)11-19-9-8-12-4-2-3-5-15(12)19/h6-7,10,12,15H,2-5,8-9,11H2,1H3. The van der Waals surface area contributed by atoms with Gasteiger partial charge in [-0.25, -0.2) is 4.39 Å². The number of carbonyl (C=O) groups is 1. The predicted molar refractivity (Wildman–Crippen MR) is 79.2 cm³/mol. The van der Waals surface area contributed by atoms with Crippen molar-refractivity contribution in [3.63, 3.8) is 0 Å². The summed E-state index contributed by atoms with van der Waals surface area (Å²) in [6.07, 6.45) is 6.30. The summed E-state index contributed by atoms with van der Waals surface area (Å²) in [7, 11) is 1.42.